The number of nitrogens with zero attached hydrogens (tertiary/aromatic N) is 1. The molecule has 0 radical (unpaired) electrons. The van der Waals surface area contributed by atoms with E-state index in [1.54, 1.807) is 50.2 Å². The summed E-state index contributed by atoms with van der Waals surface area (Å²) < 4.78 is 17.3. The lowest BCUT2D eigenvalue weighted by Gasteiger charge is -2.30. The van der Waals surface area contributed by atoms with Crippen LogP contribution in [-0.2, 0) is 20.9 Å². The van der Waals surface area contributed by atoms with E-state index < -0.39 is 17.9 Å². The molecule has 0 fully saturated rings. The highest BCUT2D eigenvalue weighted by atomic mass is 35.5. The van der Waals surface area contributed by atoms with Gasteiger partial charge in [0.05, 0.1) is 29.5 Å². The van der Waals surface area contributed by atoms with Crippen LogP contribution in [0.3, 0.4) is 0 Å². The monoisotopic (exact) mass is 676 g/mol. The van der Waals surface area contributed by atoms with Crippen LogP contribution in [0.4, 0.5) is 0 Å². The highest BCUT2D eigenvalue weighted by Crippen LogP contribution is 2.34. The summed E-state index contributed by atoms with van der Waals surface area (Å²) in [6.45, 7) is 3.59. The summed E-state index contributed by atoms with van der Waals surface area (Å²) in [6.07, 6.45) is 1.40. The third kappa shape index (κ3) is 7.77. The van der Waals surface area contributed by atoms with Gasteiger partial charge in [0.15, 0.2) is 11.7 Å². The highest BCUT2D eigenvalue weighted by molar-refractivity contribution is 7.80. The van der Waals surface area contributed by atoms with Crippen molar-refractivity contribution in [1.29, 1.82) is 0 Å². The molecule has 1 amide bonds. The number of carbonyl (C=O) groups excluding carboxylic acids is 2. The van der Waals surface area contributed by atoms with Gasteiger partial charge in [-0.15, -0.1) is 0 Å². The first kappa shape index (κ1) is 32.7. The van der Waals surface area contributed by atoms with E-state index in [2.05, 4.69) is 21.2 Å². The van der Waals surface area contributed by atoms with Crippen LogP contribution < -0.4 is 25.5 Å². The zero-order chi connectivity index (χ0) is 32.6. The number of amides is 1. The van der Waals surface area contributed by atoms with Crippen molar-refractivity contribution in [3.63, 3.8) is 0 Å². The van der Waals surface area contributed by atoms with E-state index in [9.17, 15) is 9.59 Å². The van der Waals surface area contributed by atoms with Crippen LogP contribution in [0.2, 0.25) is 10.0 Å². The summed E-state index contributed by atoms with van der Waals surface area (Å²) in [5, 5.41) is 13.3. The molecule has 0 saturated carbocycles. The molecule has 9 nitrogen and oxygen atoms in total. The van der Waals surface area contributed by atoms with Crippen LogP contribution in [0.5, 0.6) is 11.5 Å². The molecule has 1 atom stereocenters. The van der Waals surface area contributed by atoms with Crippen molar-refractivity contribution >= 4 is 69.4 Å². The average molecular weight is 678 g/mol. The SMILES string of the molecule is CCOC(=O)C1=C(C)NC(=S)N[C@H]1c1ccccc1OCC(=O)NN=Cc1cc(Cl)cc(Cl)c1OCc1cccc2ccccc12. The van der Waals surface area contributed by atoms with E-state index in [1.165, 1.54) is 6.21 Å². The van der Waals surface area contributed by atoms with E-state index in [1.807, 2.05) is 42.5 Å². The van der Waals surface area contributed by atoms with Crippen LogP contribution in [0.1, 0.15) is 36.6 Å². The maximum atomic E-state index is 12.8. The number of ether oxygens (including phenoxy) is 3. The van der Waals surface area contributed by atoms with Gasteiger partial charge in [0, 0.05) is 21.8 Å². The van der Waals surface area contributed by atoms with Gasteiger partial charge in [-0.3, -0.25) is 4.79 Å². The number of halogens is 2. The fraction of sp³-hybridized carbons (Fsp3) is 0.176. The molecule has 5 rings (SSSR count). The Morgan fingerprint density at radius 1 is 1.02 bits per heavy atom. The molecule has 0 spiro atoms. The molecule has 4 aromatic rings. The summed E-state index contributed by atoms with van der Waals surface area (Å²) in [4.78, 5) is 25.5. The van der Waals surface area contributed by atoms with Gasteiger partial charge in [-0.25, -0.2) is 10.2 Å². The number of allylic oxidation sites excluding steroid dienone is 1. The summed E-state index contributed by atoms with van der Waals surface area (Å²) in [5.41, 5.74) is 5.45. The van der Waals surface area contributed by atoms with E-state index >= 15 is 0 Å². The van der Waals surface area contributed by atoms with Gasteiger partial charge < -0.3 is 24.8 Å². The zero-order valence-electron chi connectivity index (χ0n) is 24.9. The third-order valence-electron chi connectivity index (χ3n) is 7.04. The number of rotatable bonds is 11. The molecule has 0 aliphatic carbocycles. The zero-order valence-corrected chi connectivity index (χ0v) is 27.3. The molecule has 236 valence electrons. The van der Waals surface area contributed by atoms with Gasteiger partial charge in [0.2, 0.25) is 0 Å². The maximum Gasteiger partial charge on any atom is 0.338 e. The Bertz CT molecular complexity index is 1860. The molecule has 0 unspecified atom stereocenters. The number of thiocarbonyl (C=S) groups is 1. The quantitative estimate of drug-likeness (QED) is 0.0705. The Hall–Kier alpha value is -4.64. The van der Waals surface area contributed by atoms with Crippen LogP contribution in [-0.4, -0.2) is 36.4 Å². The lowest BCUT2D eigenvalue weighted by Crippen LogP contribution is -2.45. The molecule has 0 saturated heterocycles. The third-order valence-corrected chi connectivity index (χ3v) is 7.75. The summed E-state index contributed by atoms with van der Waals surface area (Å²) in [5.74, 6) is -0.265. The minimum Gasteiger partial charge on any atom is -0.487 e. The molecular weight excluding hydrogens is 647 g/mol. The number of esters is 1. The fourth-order valence-electron chi connectivity index (χ4n) is 5.00. The van der Waals surface area contributed by atoms with Gasteiger partial charge in [-0.2, -0.15) is 5.10 Å². The molecule has 12 heteroatoms. The van der Waals surface area contributed by atoms with Crippen LogP contribution >= 0.6 is 35.4 Å². The highest BCUT2D eigenvalue weighted by Gasteiger charge is 2.32. The standard InChI is InChI=1S/C34H30Cl2N4O5S/c1-3-43-33(42)30-20(2)38-34(46)39-31(30)26-13-6-7-14-28(26)44-19-29(41)40-37-17-23-15-24(35)16-27(36)32(23)45-18-22-11-8-10-21-9-4-5-12-25(21)22/h4-17,31H,3,18-19H2,1-2H3,(H,40,41)(H2,38,39,46)/t31-/m0/s1. The normalized spacial score (nSPS) is 14.5. The number of hydrogen-bond acceptors (Lipinski definition) is 7. The van der Waals surface area contributed by atoms with Crippen LogP contribution in [0, 0.1) is 0 Å². The lowest BCUT2D eigenvalue weighted by molar-refractivity contribution is -0.139. The number of para-hydroxylation sites is 1. The Balaban J connectivity index is 1.26. The van der Waals surface area contributed by atoms with Crippen molar-refractivity contribution in [3.05, 3.63) is 117 Å². The van der Waals surface area contributed by atoms with Crippen molar-refractivity contribution in [1.82, 2.24) is 16.1 Å². The van der Waals surface area contributed by atoms with Gasteiger partial charge >= 0.3 is 5.97 Å². The first-order chi connectivity index (χ1) is 22.2. The minimum atomic E-state index is -0.648. The van der Waals surface area contributed by atoms with E-state index in [0.29, 0.717) is 49.1 Å². The largest absolute Gasteiger partial charge is 0.487 e. The summed E-state index contributed by atoms with van der Waals surface area (Å²) in [7, 11) is 0. The van der Waals surface area contributed by atoms with Gasteiger partial charge in [0.25, 0.3) is 5.91 Å². The lowest BCUT2D eigenvalue weighted by atomic mass is 9.95. The second kappa shape index (κ2) is 15.1. The van der Waals surface area contributed by atoms with E-state index in [4.69, 9.17) is 49.6 Å². The molecule has 46 heavy (non-hydrogen) atoms. The average Bonchev–Trinajstić information content (AvgIpc) is 3.03. The van der Waals surface area contributed by atoms with Crippen molar-refractivity contribution in [2.24, 2.45) is 5.10 Å². The molecule has 1 aliphatic heterocycles. The molecular formula is C34H30Cl2N4O5S. The first-order valence-corrected chi connectivity index (χ1v) is 15.5. The second-order valence-electron chi connectivity index (χ2n) is 10.1. The molecule has 3 N–H and O–H groups in total. The number of carbonyl (C=O) groups is 2. The maximum absolute atomic E-state index is 12.8. The van der Waals surface area contributed by atoms with E-state index in [-0.39, 0.29) is 19.8 Å². The topological polar surface area (TPSA) is 110 Å². The Kier molecular flexibility index (Phi) is 10.7. The number of hydrazone groups is 1. The summed E-state index contributed by atoms with van der Waals surface area (Å²) >= 11 is 18.1. The predicted molar refractivity (Wildman–Crippen MR) is 183 cm³/mol. The van der Waals surface area contributed by atoms with Crippen LogP contribution in [0.25, 0.3) is 10.8 Å². The minimum absolute atomic E-state index is 0.213. The predicted octanol–water partition coefficient (Wildman–Crippen LogP) is 6.61. The van der Waals surface area contributed by atoms with Gasteiger partial charge in [-0.1, -0.05) is 83.9 Å². The number of benzene rings is 4. The molecule has 1 heterocycles. The number of nitrogens with one attached hydrogen (secondary N) is 3. The van der Waals surface area contributed by atoms with Crippen molar-refractivity contribution < 1.29 is 23.8 Å². The smallest absolute Gasteiger partial charge is 0.338 e. The molecule has 0 bridgehead atoms. The Labute approximate surface area is 281 Å². The molecule has 0 aromatic heterocycles. The molecule has 4 aromatic carbocycles. The van der Waals surface area contributed by atoms with E-state index in [0.717, 1.165) is 16.3 Å². The second-order valence-corrected chi connectivity index (χ2v) is 11.4. The van der Waals surface area contributed by atoms with Gasteiger partial charge in [0.1, 0.15) is 18.1 Å². The van der Waals surface area contributed by atoms with Crippen LogP contribution in [0.15, 0.2) is 95.2 Å². The number of hydrogen-bond donors (Lipinski definition) is 3. The Morgan fingerprint density at radius 3 is 2.61 bits per heavy atom. The van der Waals surface area contributed by atoms with Crippen molar-refractivity contribution in [3.8, 4) is 11.5 Å². The van der Waals surface area contributed by atoms with Gasteiger partial charge in [-0.05, 0) is 60.6 Å². The number of fused-ring (bicyclic) bond motifs is 1. The van der Waals surface area contributed by atoms with Crippen molar-refractivity contribution in [2.45, 2.75) is 26.5 Å². The molecule has 1 aliphatic rings. The fourth-order valence-corrected chi connectivity index (χ4v) is 5.84. The Morgan fingerprint density at radius 2 is 1.78 bits per heavy atom. The summed E-state index contributed by atoms with van der Waals surface area (Å²) in [6, 6.07) is 23.6. The first-order valence-electron chi connectivity index (χ1n) is 14.3. The van der Waals surface area contributed by atoms with Crippen molar-refractivity contribution in [2.75, 3.05) is 13.2 Å².